The van der Waals surface area contributed by atoms with Crippen LogP contribution in [0.3, 0.4) is 0 Å². The lowest BCUT2D eigenvalue weighted by atomic mass is 10.1. The van der Waals surface area contributed by atoms with Gasteiger partial charge < -0.3 is 15.5 Å². The second kappa shape index (κ2) is 7.29. The average molecular weight is 355 g/mol. The molecule has 0 saturated carbocycles. The van der Waals surface area contributed by atoms with Gasteiger partial charge in [-0.05, 0) is 56.9 Å². The van der Waals surface area contributed by atoms with E-state index in [1.165, 1.54) is 11.8 Å². The van der Waals surface area contributed by atoms with Crippen LogP contribution in [0.25, 0.3) is 0 Å². The third-order valence-electron chi connectivity index (χ3n) is 3.86. The number of benzene rings is 2. The number of thioether (sulfide) groups is 1. The van der Waals surface area contributed by atoms with Crippen LogP contribution in [0.2, 0.25) is 0 Å². The van der Waals surface area contributed by atoms with Gasteiger partial charge in [0.2, 0.25) is 5.91 Å². The van der Waals surface area contributed by atoms with E-state index >= 15 is 0 Å². The molecule has 0 aliphatic carbocycles. The molecule has 2 amide bonds. The number of carbonyl (C=O) groups excluding carboxylic acids is 2. The van der Waals surface area contributed by atoms with E-state index in [-0.39, 0.29) is 17.1 Å². The summed E-state index contributed by atoms with van der Waals surface area (Å²) in [7, 11) is 4.01. The number of rotatable bonds is 4. The van der Waals surface area contributed by atoms with Crippen molar-refractivity contribution in [3.63, 3.8) is 0 Å². The van der Waals surface area contributed by atoms with Crippen molar-refractivity contribution in [1.82, 2.24) is 4.90 Å². The first-order valence-corrected chi connectivity index (χ1v) is 8.97. The fourth-order valence-electron chi connectivity index (χ4n) is 2.67. The van der Waals surface area contributed by atoms with Gasteiger partial charge in [-0.25, -0.2) is 0 Å². The van der Waals surface area contributed by atoms with Crippen molar-refractivity contribution in [3.05, 3.63) is 53.6 Å². The summed E-state index contributed by atoms with van der Waals surface area (Å²) < 4.78 is 0. The fourth-order valence-corrected chi connectivity index (χ4v) is 3.60. The molecular formula is C19H21N3O2S. The molecule has 2 N–H and O–H groups in total. The van der Waals surface area contributed by atoms with E-state index < -0.39 is 0 Å². The predicted octanol–water partition coefficient (Wildman–Crippen LogP) is 3.43. The maximum Gasteiger partial charge on any atom is 0.255 e. The van der Waals surface area contributed by atoms with Crippen molar-refractivity contribution < 1.29 is 9.59 Å². The quantitative estimate of drug-likeness (QED) is 0.882. The van der Waals surface area contributed by atoms with Crippen molar-refractivity contribution in [2.75, 3.05) is 24.7 Å². The third kappa shape index (κ3) is 4.21. The van der Waals surface area contributed by atoms with Gasteiger partial charge in [0.25, 0.3) is 5.91 Å². The molecular weight excluding hydrogens is 334 g/mol. The molecule has 0 fully saturated rings. The van der Waals surface area contributed by atoms with E-state index in [1.54, 1.807) is 12.1 Å². The van der Waals surface area contributed by atoms with Gasteiger partial charge in [0.15, 0.2) is 0 Å². The maximum absolute atomic E-state index is 12.5. The number of nitrogens with one attached hydrogen (secondary N) is 2. The van der Waals surface area contributed by atoms with Crippen LogP contribution in [0.5, 0.6) is 0 Å². The predicted molar refractivity (Wildman–Crippen MR) is 102 cm³/mol. The van der Waals surface area contributed by atoms with Crippen LogP contribution < -0.4 is 10.6 Å². The zero-order valence-electron chi connectivity index (χ0n) is 14.5. The van der Waals surface area contributed by atoms with Crippen LogP contribution in [-0.4, -0.2) is 36.1 Å². The summed E-state index contributed by atoms with van der Waals surface area (Å²) in [6.45, 7) is 2.67. The number of anilines is 2. The SMILES string of the molecule is CC1Sc2ccc(C(=O)Nc3cccc(CN(C)C)c3)cc2NC1=O. The van der Waals surface area contributed by atoms with Crippen molar-refractivity contribution in [1.29, 1.82) is 0 Å². The Balaban J connectivity index is 1.76. The summed E-state index contributed by atoms with van der Waals surface area (Å²) in [6.07, 6.45) is 0. The maximum atomic E-state index is 12.5. The molecule has 0 radical (unpaired) electrons. The van der Waals surface area contributed by atoms with Crippen LogP contribution in [-0.2, 0) is 11.3 Å². The molecule has 3 rings (SSSR count). The van der Waals surface area contributed by atoms with Crippen LogP contribution in [0, 0.1) is 0 Å². The Labute approximate surface area is 151 Å². The van der Waals surface area contributed by atoms with Gasteiger partial charge in [-0.3, -0.25) is 9.59 Å². The van der Waals surface area contributed by atoms with Crippen LogP contribution >= 0.6 is 11.8 Å². The molecule has 0 aromatic heterocycles. The smallest absolute Gasteiger partial charge is 0.255 e. The standard InChI is InChI=1S/C19H21N3O2S/c1-12-18(23)21-16-10-14(7-8-17(16)25-12)19(24)20-15-6-4-5-13(9-15)11-22(2)3/h4-10,12H,11H2,1-3H3,(H,20,24)(H,21,23). The average Bonchev–Trinajstić information content (AvgIpc) is 2.55. The molecule has 1 aliphatic rings. The Morgan fingerprint density at radius 3 is 2.80 bits per heavy atom. The number of carbonyl (C=O) groups is 2. The number of hydrogen-bond donors (Lipinski definition) is 2. The van der Waals surface area contributed by atoms with Gasteiger partial charge in [-0.2, -0.15) is 0 Å². The molecule has 0 spiro atoms. The lowest BCUT2D eigenvalue weighted by molar-refractivity contribution is -0.115. The first-order valence-electron chi connectivity index (χ1n) is 8.09. The minimum atomic E-state index is -0.192. The van der Waals surface area contributed by atoms with Gasteiger partial charge in [-0.1, -0.05) is 12.1 Å². The van der Waals surface area contributed by atoms with Gasteiger partial charge in [0, 0.05) is 22.7 Å². The Hall–Kier alpha value is -2.31. The molecule has 1 aliphatic heterocycles. The molecule has 130 valence electrons. The summed E-state index contributed by atoms with van der Waals surface area (Å²) in [5.74, 6) is -0.228. The van der Waals surface area contributed by atoms with E-state index in [4.69, 9.17) is 0 Å². The third-order valence-corrected chi connectivity index (χ3v) is 5.03. The van der Waals surface area contributed by atoms with Gasteiger partial charge in [-0.15, -0.1) is 11.8 Å². The van der Waals surface area contributed by atoms with Gasteiger partial charge in [0.1, 0.15) is 0 Å². The summed E-state index contributed by atoms with van der Waals surface area (Å²) in [5, 5.41) is 5.66. The Morgan fingerprint density at radius 2 is 2.04 bits per heavy atom. The summed E-state index contributed by atoms with van der Waals surface area (Å²) in [5.41, 5.74) is 3.11. The van der Waals surface area contributed by atoms with Crippen molar-refractivity contribution in [2.45, 2.75) is 23.6 Å². The zero-order valence-corrected chi connectivity index (χ0v) is 15.3. The van der Waals surface area contributed by atoms with E-state index in [0.29, 0.717) is 11.3 Å². The minimum absolute atomic E-state index is 0.0357. The second-order valence-electron chi connectivity index (χ2n) is 6.35. The molecule has 0 bridgehead atoms. The summed E-state index contributed by atoms with van der Waals surface area (Å²) >= 11 is 1.50. The molecule has 6 heteroatoms. The number of hydrogen-bond acceptors (Lipinski definition) is 4. The highest BCUT2D eigenvalue weighted by molar-refractivity contribution is 8.00. The van der Waals surface area contributed by atoms with Crippen LogP contribution in [0.4, 0.5) is 11.4 Å². The fraction of sp³-hybridized carbons (Fsp3) is 0.263. The van der Waals surface area contributed by atoms with E-state index in [2.05, 4.69) is 15.5 Å². The lowest BCUT2D eigenvalue weighted by Gasteiger charge is -2.21. The lowest BCUT2D eigenvalue weighted by Crippen LogP contribution is -2.26. The van der Waals surface area contributed by atoms with Crippen molar-refractivity contribution in [3.8, 4) is 0 Å². The second-order valence-corrected chi connectivity index (χ2v) is 7.74. The van der Waals surface area contributed by atoms with Gasteiger partial charge in [0.05, 0.1) is 10.9 Å². The molecule has 0 saturated heterocycles. The molecule has 1 atom stereocenters. The van der Waals surface area contributed by atoms with E-state index in [9.17, 15) is 9.59 Å². The highest BCUT2D eigenvalue weighted by Gasteiger charge is 2.23. The Bertz CT molecular complexity index is 820. The van der Waals surface area contributed by atoms with Crippen molar-refractivity contribution in [2.24, 2.45) is 0 Å². The molecule has 2 aromatic carbocycles. The summed E-state index contributed by atoms with van der Waals surface area (Å²) in [6, 6.07) is 13.2. The minimum Gasteiger partial charge on any atom is -0.324 e. The van der Waals surface area contributed by atoms with Crippen LogP contribution in [0.15, 0.2) is 47.4 Å². The topological polar surface area (TPSA) is 61.4 Å². The first-order chi connectivity index (χ1) is 11.9. The molecule has 5 nitrogen and oxygen atoms in total. The van der Waals surface area contributed by atoms with Crippen molar-refractivity contribution >= 4 is 35.0 Å². The number of amides is 2. The van der Waals surface area contributed by atoms with Crippen LogP contribution in [0.1, 0.15) is 22.8 Å². The first kappa shape index (κ1) is 17.5. The highest BCUT2D eigenvalue weighted by Crippen LogP contribution is 2.36. The Kier molecular flexibility index (Phi) is 5.11. The number of nitrogens with zero attached hydrogens (tertiary/aromatic N) is 1. The molecule has 1 unspecified atom stereocenters. The highest BCUT2D eigenvalue weighted by atomic mass is 32.2. The largest absolute Gasteiger partial charge is 0.324 e. The monoisotopic (exact) mass is 355 g/mol. The van der Waals surface area contributed by atoms with E-state index in [0.717, 1.165) is 22.7 Å². The Morgan fingerprint density at radius 1 is 1.24 bits per heavy atom. The molecule has 2 aromatic rings. The van der Waals surface area contributed by atoms with E-state index in [1.807, 2.05) is 51.4 Å². The number of fused-ring (bicyclic) bond motifs is 1. The zero-order chi connectivity index (χ0) is 18.0. The molecule has 1 heterocycles. The van der Waals surface area contributed by atoms with Gasteiger partial charge >= 0.3 is 0 Å². The normalized spacial score (nSPS) is 16.3. The molecule has 25 heavy (non-hydrogen) atoms. The summed E-state index contributed by atoms with van der Waals surface area (Å²) in [4.78, 5) is 27.4.